The monoisotopic (exact) mass is 353 g/mol. The molecule has 21 heavy (non-hydrogen) atoms. The average molecular weight is 354 g/mol. The molecule has 0 fully saturated rings. The quantitative estimate of drug-likeness (QED) is 0.651. The molecule has 0 amide bonds. The Bertz CT molecular complexity index is 702. The number of hydrogen-bond donors (Lipinski definition) is 0. The molecule has 0 saturated carbocycles. The number of para-hydroxylation sites is 1. The Labute approximate surface area is 128 Å². The van der Waals surface area contributed by atoms with E-state index in [9.17, 15) is 13.2 Å². The molecule has 2 aromatic rings. The Hall–Kier alpha value is -1.62. The SMILES string of the molecule is FC(F)(F)c1ccc(C2=Nc3c(CBr)cccc3C2)cc1. The van der Waals surface area contributed by atoms with Crippen molar-refractivity contribution >= 4 is 27.3 Å². The summed E-state index contributed by atoms with van der Waals surface area (Å²) in [6.45, 7) is 0. The molecular formula is C16H11BrF3N. The van der Waals surface area contributed by atoms with Crippen LogP contribution in [-0.4, -0.2) is 5.71 Å². The highest BCUT2D eigenvalue weighted by Gasteiger charge is 2.30. The summed E-state index contributed by atoms with van der Waals surface area (Å²) in [4.78, 5) is 4.59. The van der Waals surface area contributed by atoms with Gasteiger partial charge in [-0.25, -0.2) is 0 Å². The second-order valence-corrected chi connectivity index (χ2v) is 5.43. The number of rotatable bonds is 2. The fourth-order valence-corrected chi connectivity index (χ4v) is 2.86. The molecule has 0 aromatic heterocycles. The molecule has 5 heteroatoms. The maximum atomic E-state index is 12.6. The first-order valence-electron chi connectivity index (χ1n) is 6.41. The summed E-state index contributed by atoms with van der Waals surface area (Å²) >= 11 is 3.42. The summed E-state index contributed by atoms with van der Waals surface area (Å²) in [5.41, 5.74) is 4.05. The van der Waals surface area contributed by atoms with E-state index in [1.807, 2.05) is 18.2 Å². The van der Waals surface area contributed by atoms with Crippen molar-refractivity contribution < 1.29 is 13.2 Å². The molecule has 2 aromatic carbocycles. The van der Waals surface area contributed by atoms with Crippen LogP contribution < -0.4 is 0 Å². The predicted molar refractivity (Wildman–Crippen MR) is 80.4 cm³/mol. The number of hydrogen-bond acceptors (Lipinski definition) is 1. The third-order valence-electron chi connectivity index (χ3n) is 3.50. The maximum Gasteiger partial charge on any atom is 0.416 e. The van der Waals surface area contributed by atoms with Crippen molar-refractivity contribution in [3.8, 4) is 0 Å². The highest BCUT2D eigenvalue weighted by molar-refractivity contribution is 9.08. The zero-order chi connectivity index (χ0) is 15.0. The fourth-order valence-electron chi connectivity index (χ4n) is 2.41. The van der Waals surface area contributed by atoms with Crippen LogP contribution in [0.15, 0.2) is 47.5 Å². The van der Waals surface area contributed by atoms with Gasteiger partial charge in [0.1, 0.15) is 0 Å². The lowest BCUT2D eigenvalue weighted by Crippen LogP contribution is -2.06. The van der Waals surface area contributed by atoms with E-state index < -0.39 is 11.7 Å². The highest BCUT2D eigenvalue weighted by Crippen LogP contribution is 2.34. The summed E-state index contributed by atoms with van der Waals surface area (Å²) < 4.78 is 37.7. The number of benzene rings is 2. The second kappa shape index (κ2) is 5.30. The van der Waals surface area contributed by atoms with Gasteiger partial charge < -0.3 is 0 Å². The van der Waals surface area contributed by atoms with Crippen LogP contribution in [0.25, 0.3) is 0 Å². The molecule has 108 valence electrons. The normalized spacial score (nSPS) is 14.0. The number of fused-ring (bicyclic) bond motifs is 1. The van der Waals surface area contributed by atoms with Crippen molar-refractivity contribution in [2.24, 2.45) is 4.99 Å². The minimum atomic E-state index is -4.30. The molecule has 0 spiro atoms. The van der Waals surface area contributed by atoms with Gasteiger partial charge >= 0.3 is 6.18 Å². The van der Waals surface area contributed by atoms with Gasteiger partial charge in [0.25, 0.3) is 0 Å². The van der Waals surface area contributed by atoms with Crippen LogP contribution in [-0.2, 0) is 17.9 Å². The van der Waals surface area contributed by atoms with Crippen LogP contribution in [0.1, 0.15) is 22.3 Å². The van der Waals surface area contributed by atoms with Crippen molar-refractivity contribution in [3.63, 3.8) is 0 Å². The van der Waals surface area contributed by atoms with E-state index in [2.05, 4.69) is 20.9 Å². The predicted octanol–water partition coefficient (Wildman–Crippen LogP) is 5.28. The van der Waals surface area contributed by atoms with E-state index in [0.717, 1.165) is 40.2 Å². The lowest BCUT2D eigenvalue weighted by Gasteiger charge is -2.07. The van der Waals surface area contributed by atoms with Gasteiger partial charge in [0.2, 0.25) is 0 Å². The van der Waals surface area contributed by atoms with E-state index >= 15 is 0 Å². The minimum Gasteiger partial charge on any atom is -0.252 e. The lowest BCUT2D eigenvalue weighted by atomic mass is 10.0. The number of halogens is 4. The number of aliphatic imine (C=N–C) groups is 1. The van der Waals surface area contributed by atoms with Gasteiger partial charge in [-0.05, 0) is 28.8 Å². The Kier molecular flexibility index (Phi) is 3.61. The molecule has 0 bridgehead atoms. The third-order valence-corrected chi connectivity index (χ3v) is 4.10. The molecule has 3 rings (SSSR count). The van der Waals surface area contributed by atoms with Crippen LogP contribution in [0.2, 0.25) is 0 Å². The minimum absolute atomic E-state index is 0.636. The van der Waals surface area contributed by atoms with Crippen LogP contribution in [0.5, 0.6) is 0 Å². The first-order valence-corrected chi connectivity index (χ1v) is 7.53. The summed E-state index contributed by atoms with van der Waals surface area (Å²) in [7, 11) is 0. The van der Waals surface area contributed by atoms with E-state index in [1.165, 1.54) is 12.1 Å². The molecule has 0 atom stereocenters. The van der Waals surface area contributed by atoms with Crippen molar-refractivity contribution in [1.29, 1.82) is 0 Å². The molecule has 1 heterocycles. The zero-order valence-corrected chi connectivity index (χ0v) is 12.5. The van der Waals surface area contributed by atoms with E-state index in [-0.39, 0.29) is 0 Å². The Morgan fingerprint density at radius 1 is 1.05 bits per heavy atom. The highest BCUT2D eigenvalue weighted by atomic mass is 79.9. The first-order chi connectivity index (χ1) is 9.99. The molecule has 1 nitrogen and oxygen atoms in total. The summed E-state index contributed by atoms with van der Waals surface area (Å²) in [5, 5.41) is 0.708. The summed E-state index contributed by atoms with van der Waals surface area (Å²) in [5.74, 6) is 0. The lowest BCUT2D eigenvalue weighted by molar-refractivity contribution is -0.137. The average Bonchev–Trinajstić information content (AvgIpc) is 2.90. The third kappa shape index (κ3) is 2.75. The molecule has 0 aliphatic carbocycles. The van der Waals surface area contributed by atoms with Crippen LogP contribution in [0, 0.1) is 0 Å². The second-order valence-electron chi connectivity index (χ2n) is 4.87. The summed E-state index contributed by atoms with van der Waals surface area (Å²) in [6.07, 6.45) is -3.65. The molecular weight excluding hydrogens is 343 g/mol. The zero-order valence-electron chi connectivity index (χ0n) is 10.9. The number of alkyl halides is 4. The van der Waals surface area contributed by atoms with Gasteiger partial charge in [0.05, 0.1) is 17.0 Å². The van der Waals surface area contributed by atoms with Crippen LogP contribution in [0.3, 0.4) is 0 Å². The van der Waals surface area contributed by atoms with Crippen molar-refractivity contribution in [3.05, 3.63) is 64.7 Å². The molecule has 0 saturated heterocycles. The van der Waals surface area contributed by atoms with Gasteiger partial charge in [-0.3, -0.25) is 4.99 Å². The molecule has 1 aliphatic rings. The molecule has 0 unspecified atom stereocenters. The Balaban J connectivity index is 1.93. The maximum absolute atomic E-state index is 12.6. The van der Waals surface area contributed by atoms with Gasteiger partial charge in [0.15, 0.2) is 0 Å². The molecule has 0 N–H and O–H groups in total. The van der Waals surface area contributed by atoms with E-state index in [0.29, 0.717) is 11.8 Å². The largest absolute Gasteiger partial charge is 0.416 e. The standard InChI is InChI=1S/C16H11BrF3N/c17-9-12-3-1-2-11-8-14(21-15(11)12)10-4-6-13(7-5-10)16(18,19)20/h1-7H,8-9H2. The van der Waals surface area contributed by atoms with Gasteiger partial charge in [-0.15, -0.1) is 0 Å². The van der Waals surface area contributed by atoms with Gasteiger partial charge in [-0.2, -0.15) is 13.2 Å². The van der Waals surface area contributed by atoms with E-state index in [1.54, 1.807) is 0 Å². The van der Waals surface area contributed by atoms with Crippen molar-refractivity contribution in [1.82, 2.24) is 0 Å². The Morgan fingerprint density at radius 2 is 1.76 bits per heavy atom. The fraction of sp³-hybridized carbons (Fsp3) is 0.188. The number of nitrogens with zero attached hydrogens (tertiary/aromatic N) is 1. The summed E-state index contributed by atoms with van der Waals surface area (Å²) in [6, 6.07) is 11.1. The van der Waals surface area contributed by atoms with E-state index in [4.69, 9.17) is 0 Å². The smallest absolute Gasteiger partial charge is 0.252 e. The van der Waals surface area contributed by atoms with Crippen molar-refractivity contribution in [2.45, 2.75) is 17.9 Å². The van der Waals surface area contributed by atoms with Crippen molar-refractivity contribution in [2.75, 3.05) is 0 Å². The van der Waals surface area contributed by atoms with Gasteiger partial charge in [0, 0.05) is 11.8 Å². The molecule has 0 radical (unpaired) electrons. The topological polar surface area (TPSA) is 12.4 Å². The van der Waals surface area contributed by atoms with Gasteiger partial charge in [-0.1, -0.05) is 46.3 Å². The van der Waals surface area contributed by atoms with Crippen LogP contribution in [0.4, 0.5) is 18.9 Å². The first kappa shape index (κ1) is 14.3. The van der Waals surface area contributed by atoms with Crippen LogP contribution >= 0.6 is 15.9 Å². The Morgan fingerprint density at radius 3 is 2.38 bits per heavy atom. The molecule has 1 aliphatic heterocycles.